The van der Waals surface area contributed by atoms with Gasteiger partial charge < -0.3 is 26.0 Å². The first kappa shape index (κ1) is 24.1. The van der Waals surface area contributed by atoms with Gasteiger partial charge in [0.1, 0.15) is 29.0 Å². The van der Waals surface area contributed by atoms with Crippen molar-refractivity contribution in [2.24, 2.45) is 5.92 Å². The molecule has 0 radical (unpaired) electrons. The van der Waals surface area contributed by atoms with E-state index < -0.39 is 30.5 Å². The molecule has 13 heteroatoms. The summed E-state index contributed by atoms with van der Waals surface area (Å²) in [6, 6.07) is 1.85. The van der Waals surface area contributed by atoms with Gasteiger partial charge in [-0.3, -0.25) is 4.98 Å². The van der Waals surface area contributed by atoms with E-state index >= 15 is 0 Å². The summed E-state index contributed by atoms with van der Waals surface area (Å²) in [6.07, 6.45) is -1.48. The van der Waals surface area contributed by atoms with Crippen molar-refractivity contribution in [1.29, 1.82) is 0 Å². The number of alkyl halides is 3. The normalized spacial score (nSPS) is 24.8. The second kappa shape index (κ2) is 8.80. The van der Waals surface area contributed by atoms with Gasteiger partial charge in [0.2, 0.25) is 5.95 Å². The van der Waals surface area contributed by atoms with Crippen LogP contribution in [0.1, 0.15) is 43.0 Å². The number of pyridine rings is 1. The van der Waals surface area contributed by atoms with Gasteiger partial charge in [0, 0.05) is 24.6 Å². The maximum Gasteiger partial charge on any atom is 0.405 e. The van der Waals surface area contributed by atoms with Crippen LogP contribution >= 0.6 is 11.3 Å². The lowest BCUT2D eigenvalue weighted by Gasteiger charge is -2.31. The number of halogens is 3. The minimum absolute atomic E-state index is 0.0438. The highest BCUT2D eigenvalue weighted by Crippen LogP contribution is 2.45. The molecule has 5 N–H and O–H groups in total. The molecule has 0 unspecified atom stereocenters. The monoisotopic (exact) mass is 510 g/mol. The summed E-state index contributed by atoms with van der Waals surface area (Å²) in [5.74, 6) is -0.414. The van der Waals surface area contributed by atoms with Gasteiger partial charge in [-0.05, 0) is 38.7 Å². The van der Waals surface area contributed by atoms with E-state index in [0.29, 0.717) is 28.6 Å². The fourth-order valence-corrected chi connectivity index (χ4v) is 5.52. The van der Waals surface area contributed by atoms with E-state index in [1.165, 1.54) is 11.3 Å². The molecule has 3 aromatic heterocycles. The van der Waals surface area contributed by atoms with Crippen LogP contribution in [-0.4, -0.2) is 66.4 Å². The van der Waals surface area contributed by atoms with Crippen LogP contribution in [0.25, 0.3) is 20.8 Å². The van der Waals surface area contributed by atoms with E-state index in [1.54, 1.807) is 13.1 Å². The van der Waals surface area contributed by atoms with Crippen LogP contribution in [-0.2, 0) is 0 Å². The van der Waals surface area contributed by atoms with E-state index in [0.717, 1.165) is 28.8 Å². The largest absolute Gasteiger partial charge is 0.405 e. The van der Waals surface area contributed by atoms with Gasteiger partial charge in [0.05, 0.1) is 21.7 Å². The van der Waals surface area contributed by atoms with Crippen molar-refractivity contribution in [3.8, 4) is 10.6 Å². The Kier molecular flexibility index (Phi) is 6.06. The van der Waals surface area contributed by atoms with Crippen molar-refractivity contribution in [3.63, 3.8) is 0 Å². The molecular formula is C22H25F3N6O3S. The first-order valence-electron chi connectivity index (χ1n) is 11.3. The Morgan fingerprint density at radius 1 is 1.20 bits per heavy atom. The van der Waals surface area contributed by atoms with Gasteiger partial charge >= 0.3 is 6.18 Å². The molecule has 0 spiro atoms. The van der Waals surface area contributed by atoms with E-state index in [2.05, 4.69) is 25.6 Å². The van der Waals surface area contributed by atoms with Crippen LogP contribution < -0.4 is 10.6 Å². The lowest BCUT2D eigenvalue weighted by atomic mass is 10.0. The summed E-state index contributed by atoms with van der Waals surface area (Å²) in [5, 5.41) is 36.8. The average molecular weight is 511 g/mol. The molecule has 35 heavy (non-hydrogen) atoms. The third-order valence-corrected chi connectivity index (χ3v) is 7.49. The molecule has 0 saturated heterocycles. The standard InChI is InChI=1S/C22H25F3N6O3S/c1-10-14(19-29-16-13(35-19)5-7-26-15(16)11-2-3-11)18(30-20(28-10)27-9-22(23,24)25)31-21(34)6-4-12(8-32)17(21)33/h5,7,11-12,17,32-34H,2-4,6,8-9H2,1H3,(H2,27,28,30,31)/t12-,17-,21-/m1/s1. The number of aliphatic hydroxyl groups is 3. The molecule has 188 valence electrons. The van der Waals surface area contributed by atoms with E-state index in [9.17, 15) is 28.5 Å². The van der Waals surface area contributed by atoms with Crippen molar-refractivity contribution >= 4 is 33.3 Å². The Bertz CT molecular complexity index is 1250. The number of thiazole rings is 1. The topological polar surface area (TPSA) is 136 Å². The molecular weight excluding hydrogens is 485 g/mol. The average Bonchev–Trinajstić information content (AvgIpc) is 3.48. The first-order valence-corrected chi connectivity index (χ1v) is 12.1. The van der Waals surface area contributed by atoms with Gasteiger partial charge in [-0.2, -0.15) is 18.2 Å². The lowest BCUT2D eigenvalue weighted by molar-refractivity contribution is -0.115. The van der Waals surface area contributed by atoms with Crippen LogP contribution in [0.3, 0.4) is 0 Å². The molecule has 2 aliphatic rings. The Morgan fingerprint density at radius 2 is 1.97 bits per heavy atom. The van der Waals surface area contributed by atoms with Crippen LogP contribution in [0.4, 0.5) is 24.9 Å². The number of nitrogens with one attached hydrogen (secondary N) is 2. The zero-order valence-corrected chi connectivity index (χ0v) is 19.6. The van der Waals surface area contributed by atoms with Gasteiger partial charge in [-0.25, -0.2) is 9.97 Å². The Morgan fingerprint density at radius 3 is 2.63 bits per heavy atom. The minimum Gasteiger partial charge on any atom is -0.396 e. The Hall–Kier alpha value is -2.61. The highest BCUT2D eigenvalue weighted by Gasteiger charge is 2.47. The van der Waals surface area contributed by atoms with Crippen molar-refractivity contribution < 1.29 is 28.5 Å². The summed E-state index contributed by atoms with van der Waals surface area (Å²) in [4.78, 5) is 17.7. The van der Waals surface area contributed by atoms with Crippen LogP contribution in [0.5, 0.6) is 0 Å². The molecule has 2 aliphatic carbocycles. The molecule has 0 aliphatic heterocycles. The summed E-state index contributed by atoms with van der Waals surface area (Å²) >= 11 is 1.37. The van der Waals surface area contributed by atoms with Crippen molar-refractivity contribution in [3.05, 3.63) is 23.7 Å². The minimum atomic E-state index is -4.48. The number of hydrogen-bond donors (Lipinski definition) is 5. The van der Waals surface area contributed by atoms with Crippen LogP contribution in [0, 0.1) is 12.8 Å². The SMILES string of the molecule is Cc1nc(NCC(F)(F)F)nc(N[C@@]2(O)CC[C@H](CO)[C@H]2O)c1-c1nc2c(C3CC3)nccc2s1. The van der Waals surface area contributed by atoms with Gasteiger partial charge in [0.15, 0.2) is 5.72 Å². The second-order valence-electron chi connectivity index (χ2n) is 9.14. The molecule has 3 atom stereocenters. The first-order chi connectivity index (χ1) is 16.6. The zero-order chi connectivity index (χ0) is 25.0. The molecule has 2 saturated carbocycles. The number of fused-ring (bicyclic) bond motifs is 1. The Balaban J connectivity index is 1.58. The predicted molar refractivity (Wildman–Crippen MR) is 124 cm³/mol. The van der Waals surface area contributed by atoms with Crippen molar-refractivity contribution in [2.75, 3.05) is 23.8 Å². The van der Waals surface area contributed by atoms with E-state index in [4.69, 9.17) is 4.98 Å². The molecule has 3 aromatic rings. The number of anilines is 2. The molecule has 9 nitrogen and oxygen atoms in total. The zero-order valence-electron chi connectivity index (χ0n) is 18.8. The Labute approximate surface area is 202 Å². The van der Waals surface area contributed by atoms with Crippen LogP contribution in [0.2, 0.25) is 0 Å². The lowest BCUT2D eigenvalue weighted by Crippen LogP contribution is -2.48. The molecule has 0 bridgehead atoms. The summed E-state index contributed by atoms with van der Waals surface area (Å²) in [6.45, 7) is -0.0188. The third kappa shape index (κ3) is 4.77. The fraction of sp³-hybridized carbons (Fsp3) is 0.545. The van der Waals surface area contributed by atoms with Crippen LogP contribution in [0.15, 0.2) is 12.3 Å². The number of aryl methyl sites for hydroxylation is 1. The van der Waals surface area contributed by atoms with Gasteiger partial charge in [0.25, 0.3) is 0 Å². The van der Waals surface area contributed by atoms with Crippen molar-refractivity contribution in [2.45, 2.75) is 56.5 Å². The quantitative estimate of drug-likeness (QED) is 0.304. The van der Waals surface area contributed by atoms with E-state index in [1.807, 2.05) is 6.07 Å². The van der Waals surface area contributed by atoms with E-state index in [-0.39, 0.29) is 24.8 Å². The molecule has 5 rings (SSSR count). The molecule has 3 heterocycles. The second-order valence-corrected chi connectivity index (χ2v) is 10.2. The summed E-state index contributed by atoms with van der Waals surface area (Å²) < 4.78 is 39.3. The number of rotatable bonds is 7. The molecule has 2 fully saturated rings. The number of aliphatic hydroxyl groups excluding tert-OH is 2. The smallest absolute Gasteiger partial charge is 0.396 e. The maximum atomic E-state index is 12.8. The summed E-state index contributed by atoms with van der Waals surface area (Å²) in [7, 11) is 0. The molecule has 0 amide bonds. The van der Waals surface area contributed by atoms with Gasteiger partial charge in [-0.15, -0.1) is 11.3 Å². The number of aromatic nitrogens is 4. The third-order valence-electron chi connectivity index (χ3n) is 6.45. The maximum absolute atomic E-state index is 12.8. The summed E-state index contributed by atoms with van der Waals surface area (Å²) in [5.41, 5.74) is 0.610. The van der Waals surface area contributed by atoms with Gasteiger partial charge in [-0.1, -0.05) is 0 Å². The molecule has 0 aromatic carbocycles. The number of hydrogen-bond acceptors (Lipinski definition) is 10. The predicted octanol–water partition coefficient (Wildman–Crippen LogP) is 3.17. The highest BCUT2D eigenvalue weighted by atomic mass is 32.1. The highest BCUT2D eigenvalue weighted by molar-refractivity contribution is 7.21. The fourth-order valence-electron chi connectivity index (χ4n) is 4.45. The van der Waals surface area contributed by atoms with Crippen molar-refractivity contribution in [1.82, 2.24) is 19.9 Å². The number of nitrogens with zero attached hydrogens (tertiary/aromatic N) is 4.